The van der Waals surface area contributed by atoms with Gasteiger partial charge in [-0.15, -0.1) is 0 Å². The topological polar surface area (TPSA) is 65.5 Å². The fourth-order valence-electron chi connectivity index (χ4n) is 3.67. The maximum atomic E-state index is 13.3. The molecule has 3 atom stereocenters. The maximum absolute atomic E-state index is 13.3. The number of aliphatic hydroxyl groups is 1. The molecule has 1 unspecified atom stereocenters. The van der Waals surface area contributed by atoms with Crippen LogP contribution in [0, 0.1) is 11.7 Å². The van der Waals surface area contributed by atoms with Crippen LogP contribution in [0.1, 0.15) is 36.0 Å². The molecule has 5 nitrogen and oxygen atoms in total. The zero-order valence-electron chi connectivity index (χ0n) is 15.7. The number of rotatable bonds is 5. The first-order chi connectivity index (χ1) is 12.9. The van der Waals surface area contributed by atoms with Gasteiger partial charge in [-0.1, -0.05) is 18.6 Å². The molecule has 3 rings (SSSR count). The fourth-order valence-corrected chi connectivity index (χ4v) is 3.67. The number of benzene rings is 1. The smallest absolute Gasteiger partial charge is 0.253 e. The summed E-state index contributed by atoms with van der Waals surface area (Å²) in [6.45, 7) is 0. The van der Waals surface area contributed by atoms with Gasteiger partial charge in [0.25, 0.3) is 5.91 Å². The number of aromatic nitrogens is 1. The monoisotopic (exact) mass is 371 g/mol. The van der Waals surface area contributed by atoms with Crippen LogP contribution in [0.5, 0.6) is 0 Å². The summed E-state index contributed by atoms with van der Waals surface area (Å²) in [5, 5.41) is 13.3. The van der Waals surface area contributed by atoms with Crippen molar-refractivity contribution in [3.05, 3.63) is 54.0 Å². The largest absolute Gasteiger partial charge is 0.378 e. The second-order valence-electron chi connectivity index (χ2n) is 7.42. The van der Waals surface area contributed by atoms with E-state index in [1.54, 1.807) is 24.3 Å². The third-order valence-corrected chi connectivity index (χ3v) is 5.15. The predicted octanol–water partition coefficient (Wildman–Crippen LogP) is 3.06. The van der Waals surface area contributed by atoms with Gasteiger partial charge in [0.05, 0.1) is 11.3 Å². The van der Waals surface area contributed by atoms with Gasteiger partial charge in [0.1, 0.15) is 12.0 Å². The summed E-state index contributed by atoms with van der Waals surface area (Å²) in [6.07, 6.45) is 4.66. The van der Waals surface area contributed by atoms with Gasteiger partial charge in [-0.05, 0) is 57.6 Å². The van der Waals surface area contributed by atoms with Crippen molar-refractivity contribution in [2.24, 2.45) is 5.92 Å². The Morgan fingerprint density at radius 1 is 1.30 bits per heavy atom. The van der Waals surface area contributed by atoms with E-state index in [9.17, 15) is 14.3 Å². The van der Waals surface area contributed by atoms with Crippen molar-refractivity contribution in [3.63, 3.8) is 0 Å². The van der Waals surface area contributed by atoms with Crippen LogP contribution in [0.4, 0.5) is 4.39 Å². The Morgan fingerprint density at radius 2 is 2.11 bits per heavy atom. The van der Waals surface area contributed by atoms with Crippen molar-refractivity contribution in [3.8, 4) is 11.3 Å². The van der Waals surface area contributed by atoms with Crippen LogP contribution in [-0.2, 0) is 0 Å². The van der Waals surface area contributed by atoms with Gasteiger partial charge in [0.15, 0.2) is 0 Å². The van der Waals surface area contributed by atoms with Gasteiger partial charge in [-0.3, -0.25) is 14.7 Å². The normalized spacial score (nSPS) is 21.1. The number of carbonyl (C=O) groups excluding carboxylic acids is 1. The van der Waals surface area contributed by atoms with Crippen LogP contribution < -0.4 is 5.32 Å². The molecule has 1 aliphatic rings. The molecule has 1 heterocycles. The number of hydrogen-bond acceptors (Lipinski definition) is 4. The van der Waals surface area contributed by atoms with Crippen molar-refractivity contribution < 1.29 is 14.3 Å². The summed E-state index contributed by atoms with van der Waals surface area (Å²) in [5.74, 6) is -0.325. The molecule has 0 spiro atoms. The van der Waals surface area contributed by atoms with Crippen LogP contribution in [-0.4, -0.2) is 47.3 Å². The second-order valence-corrected chi connectivity index (χ2v) is 7.42. The molecular formula is C21H26FN3O2. The number of nitrogens with one attached hydrogen (secondary N) is 1. The molecule has 0 radical (unpaired) electrons. The molecule has 144 valence electrons. The maximum Gasteiger partial charge on any atom is 0.253 e. The molecule has 2 N–H and O–H groups in total. The van der Waals surface area contributed by atoms with E-state index in [2.05, 4.69) is 10.3 Å². The molecule has 6 heteroatoms. The number of nitrogens with zero attached hydrogens (tertiary/aromatic N) is 2. The predicted molar refractivity (Wildman–Crippen MR) is 103 cm³/mol. The zero-order valence-corrected chi connectivity index (χ0v) is 15.7. The number of carbonyl (C=O) groups is 1. The summed E-state index contributed by atoms with van der Waals surface area (Å²) in [6, 6.07) is 9.70. The molecule has 1 fully saturated rings. The SMILES string of the molecule is CN(C)C(O)[C@@H]1CCC[C@@H](NC(=O)c2ccc(-c3cccc(F)c3)nc2)C1. The molecule has 0 saturated heterocycles. The van der Waals surface area contributed by atoms with Crippen LogP contribution >= 0.6 is 0 Å². The second kappa shape index (κ2) is 8.59. The summed E-state index contributed by atoms with van der Waals surface area (Å²) in [5.41, 5.74) is 1.78. The van der Waals surface area contributed by atoms with Crippen molar-refractivity contribution in [1.82, 2.24) is 15.2 Å². The molecule has 0 aliphatic heterocycles. The van der Waals surface area contributed by atoms with E-state index in [4.69, 9.17) is 0 Å². The Bertz CT molecular complexity index is 779. The lowest BCUT2D eigenvalue weighted by molar-refractivity contribution is -0.0266. The van der Waals surface area contributed by atoms with E-state index in [-0.39, 0.29) is 23.7 Å². The van der Waals surface area contributed by atoms with Crippen LogP contribution in [0.2, 0.25) is 0 Å². The van der Waals surface area contributed by atoms with E-state index < -0.39 is 6.23 Å². The molecule has 1 amide bonds. The highest BCUT2D eigenvalue weighted by Crippen LogP contribution is 2.28. The lowest BCUT2D eigenvalue weighted by Crippen LogP contribution is -2.44. The van der Waals surface area contributed by atoms with Crippen LogP contribution in [0.25, 0.3) is 11.3 Å². The van der Waals surface area contributed by atoms with E-state index >= 15 is 0 Å². The molecule has 1 aliphatic carbocycles. The highest BCUT2D eigenvalue weighted by atomic mass is 19.1. The highest BCUT2D eigenvalue weighted by Gasteiger charge is 2.29. The van der Waals surface area contributed by atoms with Gasteiger partial charge in [0.2, 0.25) is 0 Å². The number of aliphatic hydroxyl groups excluding tert-OH is 1. The number of amides is 1. The Balaban J connectivity index is 1.62. The fraction of sp³-hybridized carbons (Fsp3) is 0.429. The van der Waals surface area contributed by atoms with Crippen molar-refractivity contribution in [2.75, 3.05) is 14.1 Å². The lowest BCUT2D eigenvalue weighted by Gasteiger charge is -2.35. The number of hydrogen-bond donors (Lipinski definition) is 2. The summed E-state index contributed by atoms with van der Waals surface area (Å²) in [7, 11) is 3.72. The van der Waals surface area contributed by atoms with E-state index in [0.29, 0.717) is 16.8 Å². The first-order valence-corrected chi connectivity index (χ1v) is 9.31. The average molecular weight is 371 g/mol. The first-order valence-electron chi connectivity index (χ1n) is 9.31. The lowest BCUT2D eigenvalue weighted by atomic mass is 9.84. The Labute approximate surface area is 159 Å². The Hall–Kier alpha value is -2.31. The van der Waals surface area contributed by atoms with Gasteiger partial charge in [0, 0.05) is 23.7 Å². The minimum absolute atomic E-state index is 0.0498. The minimum Gasteiger partial charge on any atom is -0.378 e. The zero-order chi connectivity index (χ0) is 19.4. The molecule has 1 aromatic heterocycles. The van der Waals surface area contributed by atoms with Crippen LogP contribution in [0.15, 0.2) is 42.6 Å². The Kier molecular flexibility index (Phi) is 6.19. The quantitative estimate of drug-likeness (QED) is 0.793. The third-order valence-electron chi connectivity index (χ3n) is 5.15. The van der Waals surface area contributed by atoms with Gasteiger partial charge >= 0.3 is 0 Å². The average Bonchev–Trinajstić information content (AvgIpc) is 2.67. The summed E-state index contributed by atoms with van der Waals surface area (Å²) >= 11 is 0. The number of halogens is 1. The van der Waals surface area contributed by atoms with Gasteiger partial charge in [-0.2, -0.15) is 0 Å². The molecule has 27 heavy (non-hydrogen) atoms. The van der Waals surface area contributed by atoms with E-state index in [1.807, 2.05) is 19.0 Å². The van der Waals surface area contributed by atoms with Crippen molar-refractivity contribution in [1.29, 1.82) is 0 Å². The molecular weight excluding hydrogens is 345 g/mol. The minimum atomic E-state index is -0.489. The van der Waals surface area contributed by atoms with Gasteiger partial charge < -0.3 is 10.4 Å². The standard InChI is InChI=1S/C21H26FN3O2/c1-25(2)21(27)15-6-4-8-18(12-15)24-20(26)16-9-10-19(23-13-16)14-5-3-7-17(22)11-14/h3,5,7,9-11,13,15,18,21,27H,4,6,8,12H2,1-2H3,(H,24,26)/t15-,18-,21?/m1/s1. The Morgan fingerprint density at radius 3 is 2.78 bits per heavy atom. The van der Waals surface area contributed by atoms with Crippen LogP contribution in [0.3, 0.4) is 0 Å². The van der Waals surface area contributed by atoms with Crippen molar-refractivity contribution >= 4 is 5.91 Å². The summed E-state index contributed by atoms with van der Waals surface area (Å²) < 4.78 is 13.3. The van der Waals surface area contributed by atoms with E-state index in [1.165, 1.54) is 18.3 Å². The summed E-state index contributed by atoms with van der Waals surface area (Å²) in [4.78, 5) is 18.6. The highest BCUT2D eigenvalue weighted by molar-refractivity contribution is 5.94. The van der Waals surface area contributed by atoms with Crippen molar-refractivity contribution in [2.45, 2.75) is 38.0 Å². The first kappa shape index (κ1) is 19.5. The molecule has 1 aromatic carbocycles. The molecule has 1 saturated carbocycles. The van der Waals surface area contributed by atoms with Gasteiger partial charge in [-0.25, -0.2) is 4.39 Å². The third kappa shape index (κ3) is 4.90. The number of pyridine rings is 1. The molecule has 0 bridgehead atoms. The molecule has 2 aromatic rings. The van der Waals surface area contributed by atoms with E-state index in [0.717, 1.165) is 25.7 Å².